The number of ether oxygens (including phenoxy) is 1. The van der Waals surface area contributed by atoms with Crippen molar-refractivity contribution in [2.75, 3.05) is 6.61 Å². The lowest BCUT2D eigenvalue weighted by atomic mass is 10.2. The van der Waals surface area contributed by atoms with Crippen LogP contribution in [0.2, 0.25) is 5.02 Å². The van der Waals surface area contributed by atoms with Crippen molar-refractivity contribution in [1.29, 1.82) is 0 Å². The predicted octanol–water partition coefficient (Wildman–Crippen LogP) is 3.24. The molecule has 1 aromatic carbocycles. The van der Waals surface area contributed by atoms with Gasteiger partial charge in [-0.05, 0) is 38.8 Å². The van der Waals surface area contributed by atoms with Crippen molar-refractivity contribution < 1.29 is 9.53 Å². The van der Waals surface area contributed by atoms with E-state index in [1.54, 1.807) is 38.1 Å². The molecule has 1 unspecified atom stereocenters. The summed E-state index contributed by atoms with van der Waals surface area (Å²) < 4.78 is 9.27. The number of aromatic nitrogens is 4. The van der Waals surface area contributed by atoms with Crippen molar-refractivity contribution in [2.24, 2.45) is 0 Å². The summed E-state index contributed by atoms with van der Waals surface area (Å²) in [5.41, 5.74) is -0.124. The molecule has 1 aliphatic rings. The smallest absolute Gasteiger partial charge is 0.337 e. The number of carbonyl (C=O) groups excluding carboxylic acids is 1. The third-order valence-electron chi connectivity index (χ3n) is 5.63. The van der Waals surface area contributed by atoms with Gasteiger partial charge in [-0.1, -0.05) is 36.6 Å². The van der Waals surface area contributed by atoms with E-state index in [0.29, 0.717) is 10.7 Å². The number of carbonyl (C=O) groups is 1. The largest absolute Gasteiger partial charge is 0.464 e. The van der Waals surface area contributed by atoms with Gasteiger partial charge >= 0.3 is 11.7 Å². The van der Waals surface area contributed by atoms with Crippen LogP contribution in [0.3, 0.4) is 0 Å². The molecule has 1 fully saturated rings. The van der Waals surface area contributed by atoms with Crippen LogP contribution in [0, 0.1) is 0 Å². The Labute approximate surface area is 177 Å². The van der Waals surface area contributed by atoms with Gasteiger partial charge in [-0.3, -0.25) is 9.36 Å². The molecule has 3 aromatic rings. The highest BCUT2D eigenvalue weighted by molar-refractivity contribution is 6.32. The Morgan fingerprint density at radius 1 is 1.27 bits per heavy atom. The van der Waals surface area contributed by atoms with Gasteiger partial charge in [0.2, 0.25) is 0 Å². The zero-order valence-electron chi connectivity index (χ0n) is 16.9. The van der Waals surface area contributed by atoms with E-state index in [4.69, 9.17) is 16.3 Å². The number of halogens is 1. The van der Waals surface area contributed by atoms with Gasteiger partial charge < -0.3 is 9.30 Å². The van der Waals surface area contributed by atoms with Gasteiger partial charge in [0.05, 0.1) is 23.6 Å². The summed E-state index contributed by atoms with van der Waals surface area (Å²) in [7, 11) is 0. The van der Waals surface area contributed by atoms with E-state index in [-0.39, 0.29) is 23.8 Å². The van der Waals surface area contributed by atoms with Crippen molar-refractivity contribution in [2.45, 2.75) is 51.6 Å². The average Bonchev–Trinajstić information content (AvgIpc) is 3.39. The third-order valence-corrected chi connectivity index (χ3v) is 5.95. The van der Waals surface area contributed by atoms with E-state index < -0.39 is 23.3 Å². The second-order valence-electron chi connectivity index (χ2n) is 7.43. The molecule has 0 spiro atoms. The summed E-state index contributed by atoms with van der Waals surface area (Å²) in [6, 6.07) is 5.96. The van der Waals surface area contributed by atoms with E-state index in [1.807, 2.05) is 0 Å². The monoisotopic (exact) mass is 430 g/mol. The second kappa shape index (κ2) is 8.10. The molecule has 30 heavy (non-hydrogen) atoms. The van der Waals surface area contributed by atoms with Gasteiger partial charge in [0.15, 0.2) is 11.2 Å². The number of para-hydroxylation sites is 1. The number of esters is 1. The maximum absolute atomic E-state index is 13.5. The lowest BCUT2D eigenvalue weighted by molar-refractivity contribution is -0.146. The number of hydrogen-bond donors (Lipinski definition) is 0. The number of imidazole rings is 1. The minimum Gasteiger partial charge on any atom is -0.464 e. The second-order valence-corrected chi connectivity index (χ2v) is 7.84. The first kappa shape index (κ1) is 20.4. The van der Waals surface area contributed by atoms with Gasteiger partial charge in [-0.2, -0.15) is 0 Å². The number of nitrogens with zero attached hydrogens (tertiary/aromatic N) is 4. The Balaban J connectivity index is 2.06. The Bertz CT molecular complexity index is 1220. The Kier molecular flexibility index (Phi) is 5.51. The van der Waals surface area contributed by atoms with Crippen LogP contribution in [0.5, 0.6) is 0 Å². The van der Waals surface area contributed by atoms with E-state index in [1.165, 1.54) is 20.0 Å². The van der Waals surface area contributed by atoms with Crippen LogP contribution in [0.25, 0.3) is 16.9 Å². The zero-order chi connectivity index (χ0) is 21.4. The van der Waals surface area contributed by atoms with E-state index >= 15 is 0 Å². The molecule has 1 aliphatic carbocycles. The van der Waals surface area contributed by atoms with Crippen molar-refractivity contribution in [3.8, 4) is 5.69 Å². The molecular formula is C21H23ClN4O4. The van der Waals surface area contributed by atoms with Crippen LogP contribution < -0.4 is 11.2 Å². The van der Waals surface area contributed by atoms with Crippen molar-refractivity contribution >= 4 is 28.7 Å². The molecule has 1 atom stereocenters. The molecule has 2 aromatic heterocycles. The number of rotatable bonds is 5. The summed E-state index contributed by atoms with van der Waals surface area (Å²) in [4.78, 5) is 43.6. The van der Waals surface area contributed by atoms with Crippen LogP contribution in [0.4, 0.5) is 0 Å². The molecule has 0 aliphatic heterocycles. The summed E-state index contributed by atoms with van der Waals surface area (Å²) in [5.74, 6) is -0.473. The fourth-order valence-corrected chi connectivity index (χ4v) is 4.35. The van der Waals surface area contributed by atoms with E-state index in [9.17, 15) is 14.4 Å². The minimum atomic E-state index is -0.767. The molecular weight excluding hydrogens is 408 g/mol. The van der Waals surface area contributed by atoms with E-state index in [0.717, 1.165) is 25.7 Å². The lowest BCUT2D eigenvalue weighted by Gasteiger charge is -2.18. The summed E-state index contributed by atoms with van der Waals surface area (Å²) >= 11 is 6.39. The van der Waals surface area contributed by atoms with Gasteiger partial charge in [-0.15, -0.1) is 0 Å². The fraction of sp³-hybridized carbons (Fsp3) is 0.429. The molecule has 8 nitrogen and oxygen atoms in total. The van der Waals surface area contributed by atoms with Crippen LogP contribution in [0.1, 0.15) is 51.6 Å². The summed E-state index contributed by atoms with van der Waals surface area (Å²) in [6.07, 6.45) is 4.83. The van der Waals surface area contributed by atoms with Gasteiger partial charge in [0.25, 0.3) is 5.56 Å². The lowest BCUT2D eigenvalue weighted by Crippen LogP contribution is -2.42. The maximum atomic E-state index is 13.5. The van der Waals surface area contributed by atoms with Crippen LogP contribution >= 0.6 is 11.6 Å². The highest BCUT2D eigenvalue weighted by Crippen LogP contribution is 2.29. The van der Waals surface area contributed by atoms with Gasteiger partial charge in [0, 0.05) is 6.04 Å². The Morgan fingerprint density at radius 3 is 2.63 bits per heavy atom. The topological polar surface area (TPSA) is 88.1 Å². The van der Waals surface area contributed by atoms with Crippen LogP contribution in [0.15, 0.2) is 40.2 Å². The van der Waals surface area contributed by atoms with Crippen molar-refractivity contribution in [1.82, 2.24) is 18.7 Å². The summed E-state index contributed by atoms with van der Waals surface area (Å²) in [5, 5.41) is 0.366. The first-order valence-electron chi connectivity index (χ1n) is 10.1. The highest BCUT2D eigenvalue weighted by Gasteiger charge is 2.28. The van der Waals surface area contributed by atoms with Gasteiger partial charge in [-0.25, -0.2) is 19.1 Å². The molecule has 0 radical (unpaired) electrons. The minimum absolute atomic E-state index is 0.170. The van der Waals surface area contributed by atoms with Crippen molar-refractivity contribution in [3.63, 3.8) is 0 Å². The zero-order valence-corrected chi connectivity index (χ0v) is 17.6. The van der Waals surface area contributed by atoms with Crippen molar-refractivity contribution in [3.05, 3.63) is 56.5 Å². The quantitative estimate of drug-likeness (QED) is 0.580. The van der Waals surface area contributed by atoms with E-state index in [2.05, 4.69) is 4.98 Å². The maximum Gasteiger partial charge on any atom is 0.337 e. The van der Waals surface area contributed by atoms with Gasteiger partial charge in [0.1, 0.15) is 6.04 Å². The molecule has 0 saturated heterocycles. The standard InChI is InChI=1S/C21H23ClN4O4/c1-3-30-20(28)13(2)24-12-23-18-17(24)19(27)25(14-8-4-5-9-14)21(29)26(18)16-11-7-6-10-15(16)22/h6-7,10-14H,3-5,8-9H2,1-2H3. The Hall–Kier alpha value is -2.87. The number of hydrogen-bond acceptors (Lipinski definition) is 5. The molecule has 2 heterocycles. The first-order valence-corrected chi connectivity index (χ1v) is 10.5. The molecule has 0 bridgehead atoms. The molecule has 1 saturated carbocycles. The molecule has 0 N–H and O–H groups in total. The third kappa shape index (κ3) is 3.25. The highest BCUT2D eigenvalue weighted by atomic mass is 35.5. The molecule has 9 heteroatoms. The average molecular weight is 431 g/mol. The summed E-state index contributed by atoms with van der Waals surface area (Å²) in [6.45, 7) is 3.59. The SMILES string of the molecule is CCOC(=O)C(C)n1cnc2c1c(=O)n(C1CCCC1)c(=O)n2-c1ccccc1Cl. The Morgan fingerprint density at radius 2 is 1.97 bits per heavy atom. The molecule has 158 valence electrons. The van der Waals surface area contributed by atoms with Crippen LogP contribution in [-0.2, 0) is 9.53 Å². The normalized spacial score (nSPS) is 15.6. The predicted molar refractivity (Wildman–Crippen MR) is 113 cm³/mol. The van der Waals surface area contributed by atoms with Crippen LogP contribution in [-0.4, -0.2) is 31.3 Å². The fourth-order valence-electron chi connectivity index (χ4n) is 4.12. The first-order chi connectivity index (χ1) is 14.5. The number of fused-ring (bicyclic) bond motifs is 1. The number of benzene rings is 1. The molecule has 4 rings (SSSR count). The molecule has 0 amide bonds.